The topological polar surface area (TPSA) is 20.3 Å². The van der Waals surface area contributed by atoms with Gasteiger partial charge in [0.15, 0.2) is 0 Å². The second kappa shape index (κ2) is 4.95. The minimum Gasteiger partial charge on any atom is -0.331 e. The molecule has 108 valence electrons. The number of hydrogen-bond donors (Lipinski definition) is 0. The van der Waals surface area contributed by atoms with E-state index in [1.807, 2.05) is 4.90 Å². The Balaban J connectivity index is 1.67. The van der Waals surface area contributed by atoms with Crippen LogP contribution >= 0.6 is 11.3 Å². The van der Waals surface area contributed by atoms with Crippen LogP contribution in [0.5, 0.6) is 0 Å². The molecule has 4 rings (SSSR count). The molecule has 1 aromatic heterocycles. The third-order valence-electron chi connectivity index (χ3n) is 4.43. The van der Waals surface area contributed by atoms with Gasteiger partial charge in [-0.3, -0.25) is 4.79 Å². The van der Waals surface area contributed by atoms with E-state index >= 15 is 0 Å². The molecule has 0 N–H and O–H groups in total. The lowest BCUT2D eigenvalue weighted by Gasteiger charge is -2.36. The normalized spacial score (nSPS) is 21.2. The predicted octanol–water partition coefficient (Wildman–Crippen LogP) is 4.04. The summed E-state index contributed by atoms with van der Waals surface area (Å²) in [5.74, 6) is 0.329. The highest BCUT2D eigenvalue weighted by atomic mass is 32.1. The van der Waals surface area contributed by atoms with E-state index in [2.05, 4.69) is 11.4 Å². The fraction of sp³-hybridized carbons (Fsp3) is 0.353. The molecular weight excluding hydrogens is 285 g/mol. The van der Waals surface area contributed by atoms with Crippen LogP contribution in [0.1, 0.15) is 39.7 Å². The number of nitrogens with zero attached hydrogens (tertiary/aromatic N) is 1. The number of benzene rings is 1. The number of halogens is 1. The van der Waals surface area contributed by atoms with Crippen LogP contribution in [0.2, 0.25) is 0 Å². The average molecular weight is 301 g/mol. The van der Waals surface area contributed by atoms with Gasteiger partial charge < -0.3 is 4.90 Å². The number of carbonyl (C=O) groups excluding carboxylic acids is 1. The van der Waals surface area contributed by atoms with Crippen LogP contribution in [-0.4, -0.2) is 17.4 Å². The van der Waals surface area contributed by atoms with E-state index in [9.17, 15) is 9.18 Å². The summed E-state index contributed by atoms with van der Waals surface area (Å²) in [6, 6.07) is 8.29. The SMILES string of the molecule is O=C(c1ccc(F)cc1)N1CCc2sccc2C1C1CC1. The van der Waals surface area contributed by atoms with Crippen molar-refractivity contribution in [3.8, 4) is 0 Å². The molecule has 1 unspecified atom stereocenters. The molecule has 1 saturated carbocycles. The van der Waals surface area contributed by atoms with E-state index in [-0.39, 0.29) is 17.8 Å². The van der Waals surface area contributed by atoms with Gasteiger partial charge in [0.2, 0.25) is 0 Å². The number of rotatable bonds is 2. The van der Waals surface area contributed by atoms with Crippen molar-refractivity contribution in [2.75, 3.05) is 6.54 Å². The Labute approximate surface area is 127 Å². The Morgan fingerprint density at radius 1 is 1.19 bits per heavy atom. The molecule has 2 nitrogen and oxygen atoms in total. The summed E-state index contributed by atoms with van der Waals surface area (Å²) < 4.78 is 13.0. The van der Waals surface area contributed by atoms with Crippen LogP contribution in [0, 0.1) is 11.7 Å². The molecule has 0 spiro atoms. The van der Waals surface area contributed by atoms with Crippen LogP contribution in [0.3, 0.4) is 0 Å². The monoisotopic (exact) mass is 301 g/mol. The first kappa shape index (κ1) is 13.0. The molecule has 1 fully saturated rings. The zero-order valence-corrected chi connectivity index (χ0v) is 12.4. The molecule has 4 heteroatoms. The Morgan fingerprint density at radius 3 is 2.67 bits per heavy atom. The summed E-state index contributed by atoms with van der Waals surface area (Å²) in [5, 5.41) is 2.13. The standard InChI is InChI=1S/C17H16FNOS/c18-13-5-3-12(4-6-13)17(20)19-9-7-15-14(8-10-21-15)16(19)11-1-2-11/h3-6,8,10-11,16H,1-2,7,9H2. The first-order valence-electron chi connectivity index (χ1n) is 7.37. The summed E-state index contributed by atoms with van der Waals surface area (Å²) in [6.07, 6.45) is 3.34. The zero-order valence-electron chi connectivity index (χ0n) is 11.6. The van der Waals surface area contributed by atoms with Crippen molar-refractivity contribution in [2.45, 2.75) is 25.3 Å². The van der Waals surface area contributed by atoms with E-state index in [4.69, 9.17) is 0 Å². The lowest BCUT2D eigenvalue weighted by Crippen LogP contribution is -2.40. The first-order chi connectivity index (χ1) is 10.2. The van der Waals surface area contributed by atoms with Gasteiger partial charge in [-0.1, -0.05) is 0 Å². The maximum absolute atomic E-state index is 13.0. The number of fused-ring (bicyclic) bond motifs is 1. The van der Waals surface area contributed by atoms with E-state index in [1.165, 1.54) is 35.4 Å². The highest BCUT2D eigenvalue weighted by Crippen LogP contribution is 2.48. The van der Waals surface area contributed by atoms with Gasteiger partial charge >= 0.3 is 0 Å². The van der Waals surface area contributed by atoms with Gasteiger partial charge in [-0.15, -0.1) is 11.3 Å². The van der Waals surface area contributed by atoms with E-state index in [0.29, 0.717) is 11.5 Å². The quantitative estimate of drug-likeness (QED) is 0.820. The molecular formula is C17H16FNOS. The van der Waals surface area contributed by atoms with Gasteiger partial charge in [0.1, 0.15) is 5.82 Å². The largest absolute Gasteiger partial charge is 0.331 e. The van der Waals surface area contributed by atoms with Crippen LogP contribution < -0.4 is 0 Å². The first-order valence-corrected chi connectivity index (χ1v) is 8.25. The Bertz CT molecular complexity index is 674. The third-order valence-corrected chi connectivity index (χ3v) is 5.43. The minimum absolute atomic E-state index is 0.0313. The summed E-state index contributed by atoms with van der Waals surface area (Å²) >= 11 is 1.80. The van der Waals surface area contributed by atoms with Crippen molar-refractivity contribution >= 4 is 17.2 Å². The maximum atomic E-state index is 13.0. The highest BCUT2D eigenvalue weighted by Gasteiger charge is 2.41. The Hall–Kier alpha value is -1.68. The number of amides is 1. The fourth-order valence-corrected chi connectivity index (χ4v) is 4.17. The van der Waals surface area contributed by atoms with Crippen molar-refractivity contribution in [1.82, 2.24) is 4.90 Å². The maximum Gasteiger partial charge on any atom is 0.254 e. The average Bonchev–Trinajstić information content (AvgIpc) is 3.22. The lowest BCUT2D eigenvalue weighted by atomic mass is 9.95. The van der Waals surface area contributed by atoms with Crippen molar-refractivity contribution in [2.24, 2.45) is 5.92 Å². The van der Waals surface area contributed by atoms with Crippen molar-refractivity contribution in [3.05, 3.63) is 57.5 Å². The van der Waals surface area contributed by atoms with Gasteiger partial charge in [-0.2, -0.15) is 0 Å². The molecule has 0 bridgehead atoms. The predicted molar refractivity (Wildman–Crippen MR) is 80.9 cm³/mol. The molecule has 0 radical (unpaired) electrons. The second-order valence-corrected chi connectivity index (χ2v) is 6.84. The number of thiophene rings is 1. The number of hydrogen-bond acceptors (Lipinski definition) is 2. The van der Waals surface area contributed by atoms with Gasteiger partial charge in [0, 0.05) is 17.0 Å². The summed E-state index contributed by atoms with van der Waals surface area (Å²) in [5.41, 5.74) is 1.92. The third kappa shape index (κ3) is 2.27. The highest BCUT2D eigenvalue weighted by molar-refractivity contribution is 7.10. The summed E-state index contributed by atoms with van der Waals surface area (Å²) in [4.78, 5) is 16.2. The Kier molecular flexibility index (Phi) is 3.07. The summed E-state index contributed by atoms with van der Waals surface area (Å²) in [6.45, 7) is 0.769. The Morgan fingerprint density at radius 2 is 1.95 bits per heavy atom. The van der Waals surface area contributed by atoms with Crippen LogP contribution in [0.4, 0.5) is 4.39 Å². The molecule has 2 aliphatic rings. The van der Waals surface area contributed by atoms with Gasteiger partial charge in [0.25, 0.3) is 5.91 Å². The molecule has 1 aromatic carbocycles. The van der Waals surface area contributed by atoms with Crippen LogP contribution in [0.15, 0.2) is 35.7 Å². The van der Waals surface area contributed by atoms with Gasteiger partial charge in [0.05, 0.1) is 6.04 Å². The smallest absolute Gasteiger partial charge is 0.254 e. The molecule has 0 saturated heterocycles. The van der Waals surface area contributed by atoms with Crippen LogP contribution in [-0.2, 0) is 6.42 Å². The molecule has 1 aliphatic carbocycles. The minimum atomic E-state index is -0.302. The summed E-state index contributed by atoms with van der Waals surface area (Å²) in [7, 11) is 0. The molecule has 2 heterocycles. The van der Waals surface area contributed by atoms with Gasteiger partial charge in [-0.25, -0.2) is 4.39 Å². The van der Waals surface area contributed by atoms with Crippen molar-refractivity contribution < 1.29 is 9.18 Å². The molecule has 1 atom stereocenters. The molecule has 1 amide bonds. The van der Waals surface area contributed by atoms with Crippen molar-refractivity contribution in [3.63, 3.8) is 0 Å². The molecule has 2 aromatic rings. The van der Waals surface area contributed by atoms with E-state index in [1.54, 1.807) is 23.5 Å². The zero-order chi connectivity index (χ0) is 14.4. The molecule has 21 heavy (non-hydrogen) atoms. The second-order valence-electron chi connectivity index (χ2n) is 5.84. The van der Waals surface area contributed by atoms with Gasteiger partial charge in [-0.05, 0) is 66.5 Å². The fourth-order valence-electron chi connectivity index (χ4n) is 3.25. The van der Waals surface area contributed by atoms with E-state index < -0.39 is 0 Å². The number of carbonyl (C=O) groups is 1. The van der Waals surface area contributed by atoms with Crippen molar-refractivity contribution in [1.29, 1.82) is 0 Å². The molecule has 1 aliphatic heterocycles. The van der Waals surface area contributed by atoms with E-state index in [0.717, 1.165) is 13.0 Å². The van der Waals surface area contributed by atoms with Crippen LogP contribution in [0.25, 0.3) is 0 Å². The lowest BCUT2D eigenvalue weighted by molar-refractivity contribution is 0.0637.